The second kappa shape index (κ2) is 37.5. The third kappa shape index (κ3) is 37.3. The molecule has 1 unspecified atom stereocenters. The van der Waals surface area contributed by atoms with Crippen LogP contribution in [-0.4, -0.2) is 49.3 Å². The zero-order valence-electron chi connectivity index (χ0n) is 32.1. The van der Waals surface area contributed by atoms with Crippen molar-refractivity contribution in [2.75, 3.05) is 26.4 Å². The van der Waals surface area contributed by atoms with Gasteiger partial charge in [-0.2, -0.15) is 0 Å². The van der Waals surface area contributed by atoms with Crippen molar-refractivity contribution in [3.63, 3.8) is 0 Å². The lowest BCUT2D eigenvalue weighted by Crippen LogP contribution is -2.29. The van der Waals surface area contributed by atoms with Gasteiger partial charge in [-0.25, -0.2) is 4.57 Å². The summed E-state index contributed by atoms with van der Waals surface area (Å²) in [5.41, 5.74) is 5.33. The normalized spacial score (nSPS) is 14.0. The second-order valence-electron chi connectivity index (χ2n) is 12.8. The lowest BCUT2D eigenvalue weighted by molar-refractivity contribution is -0.161. The molecule has 0 spiro atoms. The van der Waals surface area contributed by atoms with Crippen LogP contribution < -0.4 is 5.73 Å². The smallest absolute Gasteiger partial charge is 0.462 e. The molecule has 0 saturated carbocycles. The van der Waals surface area contributed by atoms with Gasteiger partial charge >= 0.3 is 19.8 Å². The predicted octanol–water partition coefficient (Wildman–Crippen LogP) is 10.9. The highest BCUT2D eigenvalue weighted by molar-refractivity contribution is 7.47. The fraction of sp³-hybridized carbons (Fsp3) is 0.707. The first kappa shape index (κ1) is 48.7. The highest BCUT2D eigenvalue weighted by atomic mass is 31.2. The molecule has 9 nitrogen and oxygen atoms in total. The number of allylic oxidation sites excluding steroid dienone is 10. The number of hydrogen-bond donors (Lipinski definition) is 2. The van der Waals surface area contributed by atoms with Crippen LogP contribution in [0.1, 0.15) is 155 Å². The monoisotopic (exact) mass is 737 g/mol. The van der Waals surface area contributed by atoms with Crippen LogP contribution in [0.3, 0.4) is 0 Å². The molecule has 0 rings (SSSR count). The Morgan fingerprint density at radius 2 is 1.02 bits per heavy atom. The number of phosphoric acid groups is 1. The molecule has 294 valence electrons. The molecular weight excluding hydrogens is 665 g/mol. The third-order valence-electron chi connectivity index (χ3n) is 7.88. The predicted molar refractivity (Wildman–Crippen MR) is 210 cm³/mol. The zero-order chi connectivity index (χ0) is 37.5. The van der Waals surface area contributed by atoms with Gasteiger partial charge in [0.05, 0.1) is 13.2 Å². The maximum atomic E-state index is 12.5. The minimum Gasteiger partial charge on any atom is -0.462 e. The van der Waals surface area contributed by atoms with Gasteiger partial charge in [0, 0.05) is 19.4 Å². The lowest BCUT2D eigenvalue weighted by atomic mass is 10.1. The van der Waals surface area contributed by atoms with Crippen molar-refractivity contribution in [1.29, 1.82) is 0 Å². The van der Waals surface area contributed by atoms with Gasteiger partial charge in [-0.3, -0.25) is 18.6 Å². The minimum absolute atomic E-state index is 0.0425. The molecule has 0 aromatic carbocycles. The Balaban J connectivity index is 4.32. The highest BCUT2D eigenvalue weighted by Crippen LogP contribution is 2.43. The maximum absolute atomic E-state index is 12.5. The van der Waals surface area contributed by atoms with Gasteiger partial charge in [0.15, 0.2) is 6.10 Å². The summed E-state index contributed by atoms with van der Waals surface area (Å²) in [6.07, 6.45) is 42.5. The molecule has 2 atom stereocenters. The molecule has 0 bridgehead atoms. The van der Waals surface area contributed by atoms with Gasteiger partial charge in [-0.05, 0) is 83.5 Å². The highest BCUT2D eigenvalue weighted by Gasteiger charge is 2.25. The summed E-state index contributed by atoms with van der Waals surface area (Å²) in [5.74, 6) is -0.896. The Kier molecular flexibility index (Phi) is 35.8. The first-order valence-electron chi connectivity index (χ1n) is 19.8. The summed E-state index contributed by atoms with van der Waals surface area (Å²) in [4.78, 5) is 34.7. The van der Waals surface area contributed by atoms with E-state index in [-0.39, 0.29) is 32.6 Å². The summed E-state index contributed by atoms with van der Waals surface area (Å²) in [5, 5.41) is 0. The topological polar surface area (TPSA) is 134 Å². The van der Waals surface area contributed by atoms with E-state index in [4.69, 9.17) is 24.3 Å². The molecule has 0 saturated heterocycles. The van der Waals surface area contributed by atoms with Crippen LogP contribution in [0.5, 0.6) is 0 Å². The van der Waals surface area contributed by atoms with Gasteiger partial charge in [-0.1, -0.05) is 120 Å². The van der Waals surface area contributed by atoms with Crippen molar-refractivity contribution in [3.05, 3.63) is 60.8 Å². The largest absolute Gasteiger partial charge is 0.472 e. The van der Waals surface area contributed by atoms with Crippen molar-refractivity contribution in [2.45, 2.75) is 161 Å². The first-order valence-corrected chi connectivity index (χ1v) is 21.3. The molecular formula is C41H72NO8P. The maximum Gasteiger partial charge on any atom is 0.472 e. The Hall–Kier alpha value is -2.29. The van der Waals surface area contributed by atoms with E-state index in [9.17, 15) is 19.0 Å². The van der Waals surface area contributed by atoms with E-state index in [1.807, 2.05) is 0 Å². The van der Waals surface area contributed by atoms with Gasteiger partial charge in [0.1, 0.15) is 6.61 Å². The van der Waals surface area contributed by atoms with E-state index >= 15 is 0 Å². The van der Waals surface area contributed by atoms with Gasteiger partial charge < -0.3 is 20.1 Å². The fourth-order valence-electron chi connectivity index (χ4n) is 4.90. The van der Waals surface area contributed by atoms with Crippen molar-refractivity contribution in [3.8, 4) is 0 Å². The number of nitrogens with two attached hydrogens (primary N) is 1. The molecule has 0 fully saturated rings. The summed E-state index contributed by atoms with van der Waals surface area (Å²) < 4.78 is 32.6. The molecule has 51 heavy (non-hydrogen) atoms. The zero-order valence-corrected chi connectivity index (χ0v) is 33.0. The van der Waals surface area contributed by atoms with E-state index in [0.29, 0.717) is 12.8 Å². The van der Waals surface area contributed by atoms with Crippen LogP contribution in [0.15, 0.2) is 60.8 Å². The average Bonchev–Trinajstić information content (AvgIpc) is 3.11. The molecule has 0 aromatic rings. The SMILES string of the molecule is CCCCC/C=C\C/C=C\C/C=C\CCCCC(=O)O[C@H](COC(=O)CCCCCCC/C=C\C/C=C\CCCCC)COP(=O)(O)OCCN. The number of rotatable bonds is 36. The Morgan fingerprint density at radius 3 is 1.55 bits per heavy atom. The van der Waals surface area contributed by atoms with Crippen molar-refractivity contribution in [1.82, 2.24) is 0 Å². The van der Waals surface area contributed by atoms with Crippen molar-refractivity contribution >= 4 is 19.8 Å². The molecule has 0 aliphatic heterocycles. The Labute approximate surface area is 310 Å². The molecule has 0 amide bonds. The summed E-state index contributed by atoms with van der Waals surface area (Å²) in [6.45, 7) is 3.59. The number of unbranched alkanes of at least 4 members (excludes halogenated alkanes) is 13. The quantitative estimate of drug-likeness (QED) is 0.0279. The van der Waals surface area contributed by atoms with Gasteiger partial charge in [0.2, 0.25) is 0 Å². The number of esters is 2. The first-order chi connectivity index (χ1) is 24.8. The summed E-state index contributed by atoms with van der Waals surface area (Å²) in [6, 6.07) is 0. The van der Waals surface area contributed by atoms with E-state index in [0.717, 1.165) is 70.6 Å². The van der Waals surface area contributed by atoms with Crippen LogP contribution in [-0.2, 0) is 32.7 Å². The van der Waals surface area contributed by atoms with Crippen LogP contribution in [0, 0.1) is 0 Å². The number of carbonyl (C=O) groups excluding carboxylic acids is 2. The fourth-order valence-corrected chi connectivity index (χ4v) is 5.67. The number of hydrogen-bond acceptors (Lipinski definition) is 8. The number of ether oxygens (including phenoxy) is 2. The second-order valence-corrected chi connectivity index (χ2v) is 14.2. The van der Waals surface area contributed by atoms with Crippen LogP contribution in [0.4, 0.5) is 0 Å². The lowest BCUT2D eigenvalue weighted by Gasteiger charge is -2.19. The average molecular weight is 738 g/mol. The van der Waals surface area contributed by atoms with E-state index in [2.05, 4.69) is 74.6 Å². The Bertz CT molecular complexity index is 1020. The van der Waals surface area contributed by atoms with E-state index in [1.54, 1.807) is 0 Å². The molecule has 0 aliphatic rings. The third-order valence-corrected chi connectivity index (χ3v) is 8.86. The van der Waals surface area contributed by atoms with Crippen molar-refractivity contribution in [2.24, 2.45) is 5.73 Å². The van der Waals surface area contributed by atoms with Gasteiger partial charge in [-0.15, -0.1) is 0 Å². The van der Waals surface area contributed by atoms with Crippen LogP contribution >= 0.6 is 7.82 Å². The van der Waals surface area contributed by atoms with Crippen LogP contribution in [0.25, 0.3) is 0 Å². The molecule has 0 aliphatic carbocycles. The van der Waals surface area contributed by atoms with E-state index < -0.39 is 32.5 Å². The summed E-state index contributed by atoms with van der Waals surface area (Å²) >= 11 is 0. The summed E-state index contributed by atoms with van der Waals surface area (Å²) in [7, 11) is -4.39. The number of phosphoric ester groups is 1. The Morgan fingerprint density at radius 1 is 0.588 bits per heavy atom. The molecule has 0 radical (unpaired) electrons. The molecule has 10 heteroatoms. The van der Waals surface area contributed by atoms with E-state index in [1.165, 1.54) is 44.9 Å². The molecule has 0 heterocycles. The molecule has 3 N–H and O–H groups in total. The minimum atomic E-state index is -4.39. The number of carbonyl (C=O) groups is 2. The van der Waals surface area contributed by atoms with Crippen LogP contribution in [0.2, 0.25) is 0 Å². The standard InChI is InChI=1S/C41H72NO8P/c1-3-5-7-9-11-13-15-17-19-21-23-25-27-29-31-33-40(43)47-37-39(38-49-51(45,46)48-36-35-42)50-41(44)34-32-30-28-26-24-22-20-18-16-14-12-10-8-6-4-2/h11-14,17-20,24,26,39H,3-10,15-16,21-23,25,27-38,42H2,1-2H3,(H,45,46)/b13-11-,14-12-,19-17-,20-18-,26-24-/t39-/m1/s1. The van der Waals surface area contributed by atoms with Gasteiger partial charge in [0.25, 0.3) is 0 Å². The van der Waals surface area contributed by atoms with Crippen molar-refractivity contribution < 1.29 is 37.6 Å². The molecule has 0 aromatic heterocycles.